The van der Waals surface area contributed by atoms with Gasteiger partial charge in [-0.05, 0) is 44.9 Å². The summed E-state index contributed by atoms with van der Waals surface area (Å²) in [5.74, 6) is 0.773. The van der Waals surface area contributed by atoms with E-state index in [0.29, 0.717) is 43.6 Å². The molecule has 0 radical (unpaired) electrons. The van der Waals surface area contributed by atoms with Crippen molar-refractivity contribution in [3.8, 4) is 0 Å². The highest BCUT2D eigenvalue weighted by Crippen LogP contribution is 2.37. The Morgan fingerprint density at radius 1 is 1.22 bits per heavy atom. The van der Waals surface area contributed by atoms with E-state index in [4.69, 9.17) is 4.74 Å². The van der Waals surface area contributed by atoms with Gasteiger partial charge >= 0.3 is 0 Å². The van der Waals surface area contributed by atoms with Crippen molar-refractivity contribution >= 4 is 11.8 Å². The highest BCUT2D eigenvalue weighted by atomic mass is 16.5. The van der Waals surface area contributed by atoms with E-state index in [1.54, 1.807) is 0 Å². The van der Waals surface area contributed by atoms with E-state index in [-0.39, 0.29) is 11.5 Å². The summed E-state index contributed by atoms with van der Waals surface area (Å²) in [6.07, 6.45) is 7.97. The van der Waals surface area contributed by atoms with E-state index in [1.807, 2.05) is 9.80 Å². The van der Waals surface area contributed by atoms with E-state index >= 15 is 0 Å². The van der Waals surface area contributed by atoms with Gasteiger partial charge in [-0.25, -0.2) is 0 Å². The number of H-pyrrole nitrogens is 1. The predicted octanol–water partition coefficient (Wildman–Crippen LogP) is 1.53. The molecule has 4 aliphatic rings. The average Bonchev–Trinajstić information content (AvgIpc) is 3.25. The first-order chi connectivity index (χ1) is 13.1. The van der Waals surface area contributed by atoms with Crippen molar-refractivity contribution in [2.75, 3.05) is 32.8 Å². The number of amides is 2. The smallest absolute Gasteiger partial charge is 0.274 e. The molecule has 0 aromatic carbocycles. The van der Waals surface area contributed by atoms with Gasteiger partial charge in [0.2, 0.25) is 5.91 Å². The second-order valence-corrected chi connectivity index (χ2v) is 8.74. The number of carbonyl (C=O) groups is 2. The van der Waals surface area contributed by atoms with Crippen LogP contribution in [0, 0.1) is 5.92 Å². The third-order valence-corrected chi connectivity index (χ3v) is 6.79. The number of aryl methyl sites for hydroxylation is 1. The van der Waals surface area contributed by atoms with Gasteiger partial charge in [-0.15, -0.1) is 0 Å². The number of rotatable bonds is 3. The predicted molar refractivity (Wildman–Crippen MR) is 98.4 cm³/mol. The van der Waals surface area contributed by atoms with Crippen molar-refractivity contribution < 1.29 is 14.3 Å². The van der Waals surface area contributed by atoms with Crippen molar-refractivity contribution in [2.45, 2.75) is 57.0 Å². The van der Waals surface area contributed by atoms with E-state index in [1.165, 1.54) is 0 Å². The van der Waals surface area contributed by atoms with E-state index in [2.05, 4.69) is 10.2 Å². The quantitative estimate of drug-likeness (QED) is 0.873. The number of fused-ring (bicyclic) bond motifs is 1. The first kappa shape index (κ1) is 17.2. The maximum Gasteiger partial charge on any atom is 0.274 e. The summed E-state index contributed by atoms with van der Waals surface area (Å²) < 4.78 is 6.22. The summed E-state index contributed by atoms with van der Waals surface area (Å²) in [6, 6.07) is 0. The van der Waals surface area contributed by atoms with Crippen LogP contribution < -0.4 is 0 Å². The molecule has 5 rings (SSSR count). The Morgan fingerprint density at radius 3 is 2.89 bits per heavy atom. The zero-order chi connectivity index (χ0) is 18.4. The maximum atomic E-state index is 12.8. The fraction of sp³-hybridized carbons (Fsp3) is 0.750. The molecule has 27 heavy (non-hydrogen) atoms. The summed E-state index contributed by atoms with van der Waals surface area (Å²) in [7, 11) is 0. The number of nitrogens with zero attached hydrogens (tertiary/aromatic N) is 3. The maximum absolute atomic E-state index is 12.8. The molecule has 3 saturated heterocycles. The normalized spacial score (nSPS) is 27.0. The third-order valence-electron chi connectivity index (χ3n) is 6.79. The number of ether oxygens (including phenoxy) is 1. The van der Waals surface area contributed by atoms with Crippen molar-refractivity contribution in [3.63, 3.8) is 0 Å². The number of aromatic amines is 1. The van der Waals surface area contributed by atoms with Gasteiger partial charge in [-0.1, -0.05) is 0 Å². The molecule has 2 amide bonds. The molecule has 3 aliphatic heterocycles. The summed E-state index contributed by atoms with van der Waals surface area (Å²) in [5.41, 5.74) is 2.71. The molecule has 7 heteroatoms. The Labute approximate surface area is 159 Å². The molecule has 1 N–H and O–H groups in total. The number of nitrogens with one attached hydrogen (secondary N) is 1. The first-order valence-corrected chi connectivity index (χ1v) is 10.4. The minimum absolute atomic E-state index is 0.0460. The lowest BCUT2D eigenvalue weighted by Gasteiger charge is -2.52. The van der Waals surface area contributed by atoms with E-state index in [0.717, 1.165) is 69.3 Å². The minimum Gasteiger partial charge on any atom is -0.371 e. The fourth-order valence-electron chi connectivity index (χ4n) is 5.12. The molecule has 1 aliphatic carbocycles. The zero-order valence-electron chi connectivity index (χ0n) is 15.8. The Hall–Kier alpha value is -1.89. The Morgan fingerprint density at radius 2 is 2.11 bits per heavy atom. The molecule has 146 valence electrons. The van der Waals surface area contributed by atoms with Crippen LogP contribution >= 0.6 is 0 Å². The van der Waals surface area contributed by atoms with Gasteiger partial charge in [0, 0.05) is 36.7 Å². The summed E-state index contributed by atoms with van der Waals surface area (Å²) in [4.78, 5) is 28.7. The van der Waals surface area contributed by atoms with Gasteiger partial charge in [0.1, 0.15) is 5.60 Å². The largest absolute Gasteiger partial charge is 0.371 e. The van der Waals surface area contributed by atoms with Crippen LogP contribution in [0.3, 0.4) is 0 Å². The van der Waals surface area contributed by atoms with Crippen LogP contribution in [0.15, 0.2) is 0 Å². The zero-order valence-corrected chi connectivity index (χ0v) is 15.8. The average molecular weight is 372 g/mol. The van der Waals surface area contributed by atoms with Crippen LogP contribution in [0.1, 0.15) is 60.3 Å². The molecule has 0 unspecified atom stereocenters. The summed E-state index contributed by atoms with van der Waals surface area (Å²) in [6.45, 7) is 3.77. The van der Waals surface area contributed by atoms with Crippen LogP contribution in [0.4, 0.5) is 0 Å². The first-order valence-electron chi connectivity index (χ1n) is 10.4. The fourth-order valence-corrected chi connectivity index (χ4v) is 5.12. The van der Waals surface area contributed by atoms with Gasteiger partial charge in [-0.3, -0.25) is 14.7 Å². The lowest BCUT2D eigenvalue weighted by Crippen LogP contribution is -2.66. The summed E-state index contributed by atoms with van der Waals surface area (Å²) >= 11 is 0. The molecule has 4 heterocycles. The number of hydrogen-bond donors (Lipinski definition) is 1. The van der Waals surface area contributed by atoms with Gasteiger partial charge in [0.15, 0.2) is 5.69 Å². The van der Waals surface area contributed by atoms with Gasteiger partial charge < -0.3 is 14.5 Å². The third kappa shape index (κ3) is 3.06. The lowest BCUT2D eigenvalue weighted by atomic mass is 9.82. The van der Waals surface area contributed by atoms with Crippen LogP contribution in [0.25, 0.3) is 0 Å². The number of piperidine rings is 1. The molecule has 1 aromatic rings. The lowest BCUT2D eigenvalue weighted by molar-refractivity contribution is -0.170. The van der Waals surface area contributed by atoms with Gasteiger partial charge in [0.25, 0.3) is 5.91 Å². The molecule has 3 fully saturated rings. The van der Waals surface area contributed by atoms with Gasteiger partial charge in [-0.2, -0.15) is 5.10 Å². The second-order valence-electron chi connectivity index (χ2n) is 8.74. The molecular formula is C20H28N4O3. The molecule has 1 aromatic heterocycles. The summed E-state index contributed by atoms with van der Waals surface area (Å²) in [5, 5.41) is 7.29. The standard InChI is InChI=1S/C20H28N4O3/c25-17-6-1-2-9-23(17)10-14-7-8-20(27-11-14)12-24(13-20)19(26)18-15-4-3-5-16(15)21-22-18/h14H,1-13H2,(H,21,22)/t14-/m0/s1. The number of hydrogen-bond acceptors (Lipinski definition) is 4. The topological polar surface area (TPSA) is 78.5 Å². The van der Waals surface area contributed by atoms with Crippen molar-refractivity contribution in [2.24, 2.45) is 5.92 Å². The van der Waals surface area contributed by atoms with E-state index in [9.17, 15) is 9.59 Å². The molecule has 7 nitrogen and oxygen atoms in total. The number of aromatic nitrogens is 2. The minimum atomic E-state index is -0.169. The van der Waals surface area contributed by atoms with Crippen LogP contribution in [0.5, 0.6) is 0 Å². The van der Waals surface area contributed by atoms with Crippen LogP contribution in [0.2, 0.25) is 0 Å². The van der Waals surface area contributed by atoms with Crippen molar-refractivity contribution in [1.29, 1.82) is 0 Å². The van der Waals surface area contributed by atoms with Crippen LogP contribution in [-0.4, -0.2) is 70.2 Å². The van der Waals surface area contributed by atoms with Crippen molar-refractivity contribution in [1.82, 2.24) is 20.0 Å². The van der Waals surface area contributed by atoms with Gasteiger partial charge in [0.05, 0.1) is 19.7 Å². The van der Waals surface area contributed by atoms with Crippen LogP contribution in [-0.2, 0) is 22.4 Å². The highest BCUT2D eigenvalue weighted by molar-refractivity contribution is 5.95. The SMILES string of the molecule is O=C1CCCCN1C[C@@H]1CCC2(CN(C(=O)c3n[nH]c4c3CCC4)C2)OC1. The second kappa shape index (κ2) is 6.62. The molecule has 0 saturated carbocycles. The number of carbonyl (C=O) groups excluding carboxylic acids is 2. The molecular weight excluding hydrogens is 344 g/mol. The Bertz CT molecular complexity index is 742. The van der Waals surface area contributed by atoms with Crippen molar-refractivity contribution in [3.05, 3.63) is 17.0 Å². The molecule has 0 bridgehead atoms. The highest BCUT2D eigenvalue weighted by Gasteiger charge is 2.49. The molecule has 1 atom stereocenters. The van der Waals surface area contributed by atoms with E-state index < -0.39 is 0 Å². The Balaban J connectivity index is 1.13. The Kier molecular flexibility index (Phi) is 4.22. The number of likely N-dealkylation sites (tertiary alicyclic amines) is 2. The monoisotopic (exact) mass is 372 g/mol. The molecule has 1 spiro atoms.